The van der Waals surface area contributed by atoms with Crippen molar-refractivity contribution in [2.75, 3.05) is 7.11 Å². The number of halogens is 1. The second-order valence-corrected chi connectivity index (χ2v) is 5.49. The molecule has 22 heavy (non-hydrogen) atoms. The highest BCUT2D eigenvalue weighted by Gasteiger charge is 2.15. The lowest BCUT2D eigenvalue weighted by Crippen LogP contribution is -2.18. The van der Waals surface area contributed by atoms with E-state index in [1.54, 1.807) is 35.8 Å². The van der Waals surface area contributed by atoms with Crippen LogP contribution in [0.2, 0.25) is 0 Å². The monoisotopic (exact) mass is 318 g/mol. The predicted molar refractivity (Wildman–Crippen MR) is 80.8 cm³/mol. The number of hydrogen-bond donors (Lipinski definition) is 2. The number of fused-ring (bicyclic) bond motifs is 1. The van der Waals surface area contributed by atoms with Crippen molar-refractivity contribution in [3.05, 3.63) is 47.8 Å². The molecule has 1 aromatic heterocycles. The Labute approximate surface area is 128 Å². The van der Waals surface area contributed by atoms with Gasteiger partial charge in [-0.05, 0) is 30.3 Å². The summed E-state index contributed by atoms with van der Waals surface area (Å²) in [5.41, 5.74) is 2.87. The van der Waals surface area contributed by atoms with Gasteiger partial charge in [0, 0.05) is 5.56 Å². The summed E-state index contributed by atoms with van der Waals surface area (Å²) in [7, 11) is 1.40. The molecule has 0 saturated heterocycles. The van der Waals surface area contributed by atoms with Crippen molar-refractivity contribution in [2.45, 2.75) is 0 Å². The fraction of sp³-hybridized carbons (Fsp3) is 0.0667. The van der Waals surface area contributed by atoms with Crippen LogP contribution in [0.1, 0.15) is 10.4 Å². The molecule has 5 nitrogen and oxygen atoms in total. The van der Waals surface area contributed by atoms with Crippen LogP contribution in [0.3, 0.4) is 0 Å². The number of amides is 1. The molecule has 0 aliphatic carbocycles. The van der Waals surface area contributed by atoms with Crippen molar-refractivity contribution in [1.29, 1.82) is 0 Å². The molecule has 0 bridgehead atoms. The maximum atomic E-state index is 14.3. The van der Waals surface area contributed by atoms with Crippen LogP contribution in [0.5, 0.6) is 5.75 Å². The highest BCUT2D eigenvalue weighted by molar-refractivity contribution is 7.21. The van der Waals surface area contributed by atoms with Crippen molar-refractivity contribution in [2.24, 2.45) is 0 Å². The number of carbonyl (C=O) groups is 1. The van der Waals surface area contributed by atoms with E-state index in [9.17, 15) is 9.18 Å². The summed E-state index contributed by atoms with van der Waals surface area (Å²) in [5, 5.41) is 9.16. The van der Waals surface area contributed by atoms with E-state index in [1.807, 2.05) is 0 Å². The number of hydrogen-bond acceptors (Lipinski definition) is 5. The zero-order valence-electron chi connectivity index (χ0n) is 11.5. The van der Waals surface area contributed by atoms with Crippen molar-refractivity contribution in [3.63, 3.8) is 0 Å². The minimum absolute atomic E-state index is 0.150. The standard InChI is InChI=1S/C15H11FN2O3S/c1-21-11-4-2-3-9(13(11)16)15-17-10-6-5-8(14(19)18-20)7-12(10)22-15/h2-7,20H,1H3,(H,18,19). The first-order valence-corrected chi connectivity index (χ1v) is 7.13. The average molecular weight is 318 g/mol. The second-order valence-electron chi connectivity index (χ2n) is 4.46. The molecule has 7 heteroatoms. The Bertz CT molecular complexity index is 863. The number of methoxy groups -OCH3 is 1. The number of hydroxylamine groups is 1. The molecule has 0 spiro atoms. The van der Waals surface area contributed by atoms with Crippen LogP contribution >= 0.6 is 11.3 Å². The molecule has 0 saturated carbocycles. The highest BCUT2D eigenvalue weighted by Crippen LogP contribution is 2.34. The van der Waals surface area contributed by atoms with Gasteiger partial charge < -0.3 is 4.74 Å². The fourth-order valence-electron chi connectivity index (χ4n) is 2.08. The van der Waals surface area contributed by atoms with E-state index < -0.39 is 11.7 Å². The Balaban J connectivity index is 2.11. The summed E-state index contributed by atoms with van der Waals surface area (Å²) in [5.74, 6) is -0.932. The fourth-order valence-corrected chi connectivity index (χ4v) is 3.10. The van der Waals surface area contributed by atoms with Crippen molar-refractivity contribution in [1.82, 2.24) is 10.5 Å². The lowest BCUT2D eigenvalue weighted by atomic mass is 10.2. The predicted octanol–water partition coefficient (Wildman–Crippen LogP) is 3.23. The molecule has 0 atom stereocenters. The maximum absolute atomic E-state index is 14.3. The van der Waals surface area contributed by atoms with E-state index >= 15 is 0 Å². The van der Waals surface area contributed by atoms with Crippen LogP contribution in [0.15, 0.2) is 36.4 Å². The second kappa shape index (κ2) is 5.70. The molecule has 3 aromatic rings. The van der Waals surface area contributed by atoms with Gasteiger partial charge in [0.15, 0.2) is 11.6 Å². The van der Waals surface area contributed by atoms with E-state index in [2.05, 4.69) is 4.98 Å². The summed E-state index contributed by atoms with van der Waals surface area (Å²) in [6, 6.07) is 9.64. The van der Waals surface area contributed by atoms with Gasteiger partial charge in [-0.2, -0.15) is 0 Å². The molecule has 0 radical (unpaired) electrons. The zero-order chi connectivity index (χ0) is 15.7. The first kappa shape index (κ1) is 14.4. The molecular weight excluding hydrogens is 307 g/mol. The molecule has 2 aromatic carbocycles. The first-order chi connectivity index (χ1) is 10.6. The van der Waals surface area contributed by atoms with E-state index in [0.29, 0.717) is 21.7 Å². The van der Waals surface area contributed by atoms with E-state index in [4.69, 9.17) is 9.94 Å². The van der Waals surface area contributed by atoms with Crippen molar-refractivity contribution >= 4 is 27.5 Å². The number of ether oxygens (including phenoxy) is 1. The quantitative estimate of drug-likeness (QED) is 0.574. The molecule has 1 heterocycles. The smallest absolute Gasteiger partial charge is 0.274 e. The molecule has 112 valence electrons. The lowest BCUT2D eigenvalue weighted by molar-refractivity contribution is 0.0706. The summed E-state index contributed by atoms with van der Waals surface area (Å²) in [6.07, 6.45) is 0. The molecule has 3 rings (SSSR count). The Morgan fingerprint density at radius 3 is 2.91 bits per heavy atom. The van der Waals surface area contributed by atoms with Gasteiger partial charge >= 0.3 is 0 Å². The molecule has 0 aliphatic heterocycles. The minimum Gasteiger partial charge on any atom is -0.494 e. The van der Waals surface area contributed by atoms with Crippen LogP contribution < -0.4 is 10.2 Å². The Kier molecular flexibility index (Phi) is 3.74. The first-order valence-electron chi connectivity index (χ1n) is 6.32. The largest absolute Gasteiger partial charge is 0.494 e. The molecule has 0 unspecified atom stereocenters. The van der Waals surface area contributed by atoms with Gasteiger partial charge in [0.2, 0.25) is 0 Å². The van der Waals surface area contributed by atoms with E-state index in [1.165, 1.54) is 24.5 Å². The van der Waals surface area contributed by atoms with Gasteiger partial charge in [0.05, 0.1) is 22.9 Å². The Morgan fingerprint density at radius 2 is 2.18 bits per heavy atom. The van der Waals surface area contributed by atoms with Crippen LogP contribution in [-0.4, -0.2) is 23.2 Å². The van der Waals surface area contributed by atoms with E-state index in [-0.39, 0.29) is 5.75 Å². The van der Waals surface area contributed by atoms with Gasteiger partial charge in [0.25, 0.3) is 5.91 Å². The number of nitrogens with one attached hydrogen (secondary N) is 1. The highest BCUT2D eigenvalue weighted by atomic mass is 32.1. The SMILES string of the molecule is COc1cccc(-c2nc3ccc(C(=O)NO)cc3s2)c1F. The van der Waals surface area contributed by atoms with Gasteiger partial charge in [-0.1, -0.05) is 6.07 Å². The normalized spacial score (nSPS) is 10.7. The van der Waals surface area contributed by atoms with Gasteiger partial charge in [0.1, 0.15) is 5.01 Å². The minimum atomic E-state index is -0.607. The number of thiazole rings is 1. The summed E-state index contributed by atoms with van der Waals surface area (Å²) >= 11 is 1.26. The van der Waals surface area contributed by atoms with Crippen LogP contribution in [0.4, 0.5) is 4.39 Å². The Morgan fingerprint density at radius 1 is 1.36 bits per heavy atom. The third-order valence-corrected chi connectivity index (χ3v) is 4.22. The Hall–Kier alpha value is -2.51. The van der Waals surface area contributed by atoms with Gasteiger partial charge in [-0.15, -0.1) is 11.3 Å². The van der Waals surface area contributed by atoms with E-state index in [0.717, 1.165) is 4.70 Å². The summed E-state index contributed by atoms with van der Waals surface area (Å²) in [4.78, 5) is 15.8. The number of rotatable bonds is 3. The maximum Gasteiger partial charge on any atom is 0.274 e. The third-order valence-electron chi connectivity index (χ3n) is 3.17. The molecule has 0 aliphatic rings. The number of benzene rings is 2. The van der Waals surface area contributed by atoms with Crippen LogP contribution in [-0.2, 0) is 0 Å². The van der Waals surface area contributed by atoms with Crippen LogP contribution in [0, 0.1) is 5.82 Å². The third kappa shape index (κ3) is 2.40. The number of aromatic nitrogens is 1. The topological polar surface area (TPSA) is 71.5 Å². The van der Waals surface area contributed by atoms with Crippen LogP contribution in [0.25, 0.3) is 20.8 Å². The number of carbonyl (C=O) groups excluding carboxylic acids is 1. The summed E-state index contributed by atoms with van der Waals surface area (Å²) in [6.45, 7) is 0. The zero-order valence-corrected chi connectivity index (χ0v) is 12.3. The van der Waals surface area contributed by atoms with Crippen molar-refractivity contribution in [3.8, 4) is 16.3 Å². The average Bonchev–Trinajstić information content (AvgIpc) is 2.97. The molecular formula is C15H11FN2O3S. The molecule has 2 N–H and O–H groups in total. The summed E-state index contributed by atoms with van der Waals surface area (Å²) < 4.78 is 20.0. The number of nitrogens with zero attached hydrogens (tertiary/aromatic N) is 1. The molecule has 0 fully saturated rings. The molecule has 1 amide bonds. The lowest BCUT2D eigenvalue weighted by Gasteiger charge is -2.04. The van der Waals surface area contributed by atoms with Gasteiger partial charge in [-0.25, -0.2) is 14.9 Å². The van der Waals surface area contributed by atoms with Gasteiger partial charge in [-0.3, -0.25) is 10.0 Å². The van der Waals surface area contributed by atoms with Crippen molar-refractivity contribution < 1.29 is 19.1 Å².